The largest absolute Gasteiger partial charge is 0.508 e. The summed E-state index contributed by atoms with van der Waals surface area (Å²) in [6, 6.07) is 17.2. The van der Waals surface area contributed by atoms with Crippen molar-refractivity contribution in [1.82, 2.24) is 5.16 Å². The second kappa shape index (κ2) is 7.01. The first-order chi connectivity index (χ1) is 13.8. The number of phenolic OH excluding ortho intramolecular Hbond substituents is 2. The van der Waals surface area contributed by atoms with E-state index in [2.05, 4.69) is 5.16 Å². The van der Waals surface area contributed by atoms with Crippen LogP contribution in [0.25, 0.3) is 33.7 Å². The van der Waals surface area contributed by atoms with Crippen molar-refractivity contribution in [3.63, 3.8) is 0 Å². The molecule has 4 nitrogen and oxygen atoms in total. The number of hydrogen-bond donors (Lipinski definition) is 2. The van der Waals surface area contributed by atoms with E-state index < -0.39 is 11.7 Å². The molecule has 0 bridgehead atoms. The first-order valence-electron chi connectivity index (χ1n) is 8.59. The zero-order chi connectivity index (χ0) is 20.6. The Kier molecular flexibility index (Phi) is 4.50. The number of nitrogens with zero attached hydrogens (tertiary/aromatic N) is 1. The summed E-state index contributed by atoms with van der Waals surface area (Å²) >= 11 is 0. The van der Waals surface area contributed by atoms with Gasteiger partial charge in [0.2, 0.25) is 0 Å². The van der Waals surface area contributed by atoms with Gasteiger partial charge in [0.15, 0.2) is 5.76 Å². The maximum absolute atomic E-state index is 12.9. The van der Waals surface area contributed by atoms with Crippen molar-refractivity contribution < 1.29 is 27.9 Å². The number of alkyl halides is 3. The Bertz CT molecular complexity index is 1070. The summed E-state index contributed by atoms with van der Waals surface area (Å²) in [5.41, 5.74) is 1.91. The van der Waals surface area contributed by atoms with Crippen molar-refractivity contribution in [2.45, 2.75) is 6.18 Å². The summed E-state index contributed by atoms with van der Waals surface area (Å²) in [7, 11) is 0. The molecule has 1 aromatic heterocycles. The zero-order valence-electron chi connectivity index (χ0n) is 14.8. The molecule has 1 heterocycles. The summed E-state index contributed by atoms with van der Waals surface area (Å²) in [5.74, 6) is 0.503. The lowest BCUT2D eigenvalue weighted by Crippen LogP contribution is -2.04. The molecule has 0 aliphatic carbocycles. The van der Waals surface area contributed by atoms with Crippen molar-refractivity contribution in [1.29, 1.82) is 0 Å². The van der Waals surface area contributed by atoms with Gasteiger partial charge in [-0.1, -0.05) is 17.3 Å². The van der Waals surface area contributed by atoms with Gasteiger partial charge in [-0.2, -0.15) is 13.2 Å². The number of hydrogen-bond acceptors (Lipinski definition) is 4. The first-order valence-corrected chi connectivity index (χ1v) is 8.59. The van der Waals surface area contributed by atoms with E-state index >= 15 is 0 Å². The van der Waals surface area contributed by atoms with Crippen LogP contribution < -0.4 is 0 Å². The third-order valence-corrected chi connectivity index (χ3v) is 4.46. The molecule has 0 radical (unpaired) electrons. The lowest BCUT2D eigenvalue weighted by atomic mass is 9.95. The second-order valence-corrected chi connectivity index (χ2v) is 6.40. The molecule has 29 heavy (non-hydrogen) atoms. The van der Waals surface area contributed by atoms with Crippen molar-refractivity contribution in [3.05, 3.63) is 78.4 Å². The molecule has 0 unspecified atom stereocenters. The van der Waals surface area contributed by atoms with E-state index in [-0.39, 0.29) is 11.5 Å². The Morgan fingerprint density at radius 1 is 0.655 bits per heavy atom. The minimum Gasteiger partial charge on any atom is -0.508 e. The van der Waals surface area contributed by atoms with Gasteiger partial charge in [-0.25, -0.2) is 0 Å². The van der Waals surface area contributed by atoms with Gasteiger partial charge < -0.3 is 14.7 Å². The monoisotopic (exact) mass is 397 g/mol. The topological polar surface area (TPSA) is 66.5 Å². The van der Waals surface area contributed by atoms with E-state index in [0.717, 1.165) is 12.1 Å². The highest BCUT2D eigenvalue weighted by Gasteiger charge is 2.30. The van der Waals surface area contributed by atoms with Gasteiger partial charge in [0, 0.05) is 11.1 Å². The maximum Gasteiger partial charge on any atom is 0.416 e. The van der Waals surface area contributed by atoms with Crippen molar-refractivity contribution >= 4 is 0 Å². The molecule has 0 amide bonds. The molecule has 0 aliphatic heterocycles. The molecule has 0 saturated heterocycles. The summed E-state index contributed by atoms with van der Waals surface area (Å²) in [4.78, 5) is 0. The minimum absolute atomic E-state index is 0.0723. The highest BCUT2D eigenvalue weighted by atomic mass is 19.4. The van der Waals surface area contributed by atoms with Crippen LogP contribution in [-0.2, 0) is 6.18 Å². The molecule has 4 rings (SSSR count). The quantitative estimate of drug-likeness (QED) is 0.438. The summed E-state index contributed by atoms with van der Waals surface area (Å²) in [6.45, 7) is 0. The average Bonchev–Trinajstić information content (AvgIpc) is 3.13. The second-order valence-electron chi connectivity index (χ2n) is 6.40. The molecule has 2 N–H and O–H groups in total. The number of benzene rings is 3. The smallest absolute Gasteiger partial charge is 0.416 e. The molecule has 0 aliphatic rings. The fraction of sp³-hybridized carbons (Fsp3) is 0.0455. The first kappa shape index (κ1) is 18.6. The van der Waals surface area contributed by atoms with E-state index in [4.69, 9.17) is 4.52 Å². The van der Waals surface area contributed by atoms with E-state index in [1.807, 2.05) is 0 Å². The Morgan fingerprint density at radius 2 is 1.14 bits per heavy atom. The summed E-state index contributed by atoms with van der Waals surface area (Å²) < 4.78 is 44.4. The van der Waals surface area contributed by atoms with E-state index in [0.29, 0.717) is 33.7 Å². The van der Waals surface area contributed by atoms with Gasteiger partial charge >= 0.3 is 6.18 Å². The van der Waals surface area contributed by atoms with Gasteiger partial charge in [0.25, 0.3) is 0 Å². The third kappa shape index (κ3) is 3.67. The standard InChI is InChI=1S/C22H14F3NO3/c23-22(24,25)16-7-1-13(2-8-16)19-20(14-3-9-17(27)10-4-14)26-29-21(19)15-5-11-18(28)12-6-15/h1-12,27-28H. The Morgan fingerprint density at radius 3 is 1.66 bits per heavy atom. The molecule has 7 heteroatoms. The lowest BCUT2D eigenvalue weighted by molar-refractivity contribution is -0.137. The normalized spacial score (nSPS) is 11.6. The van der Waals surface area contributed by atoms with Crippen molar-refractivity contribution in [2.75, 3.05) is 0 Å². The number of rotatable bonds is 3. The number of phenols is 2. The van der Waals surface area contributed by atoms with Gasteiger partial charge in [-0.15, -0.1) is 0 Å². The minimum atomic E-state index is -4.44. The van der Waals surface area contributed by atoms with Gasteiger partial charge in [-0.3, -0.25) is 0 Å². The van der Waals surface area contributed by atoms with Gasteiger partial charge in [0.1, 0.15) is 17.2 Å². The van der Waals surface area contributed by atoms with Crippen LogP contribution in [0.2, 0.25) is 0 Å². The molecule has 0 fully saturated rings. The molecule has 146 valence electrons. The van der Waals surface area contributed by atoms with Crippen LogP contribution in [0.15, 0.2) is 77.3 Å². The molecule has 0 saturated carbocycles. The summed E-state index contributed by atoms with van der Waals surface area (Å²) in [6.07, 6.45) is -4.44. The van der Waals surface area contributed by atoms with Crippen LogP contribution in [0.3, 0.4) is 0 Å². The predicted molar refractivity (Wildman–Crippen MR) is 101 cm³/mol. The average molecular weight is 397 g/mol. The number of aromatic hydroxyl groups is 2. The predicted octanol–water partition coefficient (Wildman–Crippen LogP) is 6.11. The SMILES string of the molecule is Oc1ccc(-c2noc(-c3ccc(O)cc3)c2-c2ccc(C(F)(F)F)cc2)cc1. The molecular weight excluding hydrogens is 383 g/mol. The van der Waals surface area contributed by atoms with Crippen LogP contribution in [0.1, 0.15) is 5.56 Å². The number of halogens is 3. The Labute approximate surface area is 163 Å². The molecule has 4 aromatic rings. The van der Waals surface area contributed by atoms with Crippen LogP contribution >= 0.6 is 0 Å². The van der Waals surface area contributed by atoms with Crippen LogP contribution in [0, 0.1) is 0 Å². The van der Waals surface area contributed by atoms with Crippen LogP contribution in [0.4, 0.5) is 13.2 Å². The molecule has 0 atom stereocenters. The van der Waals surface area contributed by atoms with E-state index in [9.17, 15) is 23.4 Å². The van der Waals surface area contributed by atoms with Crippen LogP contribution in [0.5, 0.6) is 11.5 Å². The van der Waals surface area contributed by atoms with E-state index in [1.54, 1.807) is 24.3 Å². The van der Waals surface area contributed by atoms with Gasteiger partial charge in [-0.05, 0) is 66.2 Å². The molecule has 3 aromatic carbocycles. The number of aromatic nitrogens is 1. The molecular formula is C22H14F3NO3. The third-order valence-electron chi connectivity index (χ3n) is 4.46. The summed E-state index contributed by atoms with van der Waals surface area (Å²) in [5, 5.41) is 23.2. The molecule has 0 spiro atoms. The fourth-order valence-corrected chi connectivity index (χ4v) is 3.01. The van der Waals surface area contributed by atoms with E-state index in [1.165, 1.54) is 36.4 Å². The van der Waals surface area contributed by atoms with Crippen molar-refractivity contribution in [3.8, 4) is 45.2 Å². The zero-order valence-corrected chi connectivity index (χ0v) is 14.8. The van der Waals surface area contributed by atoms with Crippen molar-refractivity contribution in [2.24, 2.45) is 0 Å². The Balaban J connectivity index is 1.90. The highest BCUT2D eigenvalue weighted by Crippen LogP contribution is 2.41. The Hall–Kier alpha value is -3.74. The van der Waals surface area contributed by atoms with Crippen LogP contribution in [-0.4, -0.2) is 15.4 Å². The lowest BCUT2D eigenvalue weighted by Gasteiger charge is -2.09. The van der Waals surface area contributed by atoms with Gasteiger partial charge in [0.05, 0.1) is 11.1 Å². The maximum atomic E-state index is 12.9. The fourth-order valence-electron chi connectivity index (χ4n) is 3.01. The highest BCUT2D eigenvalue weighted by molar-refractivity contribution is 5.90.